The van der Waals surface area contributed by atoms with E-state index in [-0.39, 0.29) is 11.8 Å². The monoisotopic (exact) mass is 259 g/mol. The molecule has 0 saturated carbocycles. The molecule has 0 radical (unpaired) electrons. The standard InChI is InChI=1S/C13H25NO4/c1-6-7-8-14-11(15)10-9-12(2,3)17-18-13(10,4)16-5/h10H,6-9H2,1-5H3,(H,14,15)/t10-,13+/m0/s1. The number of methoxy groups -OCH3 is 1. The SMILES string of the molecule is CCCCNC(=O)[C@@H]1CC(C)(C)OO[C@@]1(C)OC. The normalized spacial score (nSPS) is 31.1. The number of nitrogens with one attached hydrogen (secondary N) is 1. The summed E-state index contributed by atoms with van der Waals surface area (Å²) in [7, 11) is 1.52. The Labute approximate surface area is 109 Å². The van der Waals surface area contributed by atoms with Gasteiger partial charge >= 0.3 is 0 Å². The van der Waals surface area contributed by atoms with Crippen LogP contribution in [0.15, 0.2) is 0 Å². The van der Waals surface area contributed by atoms with Gasteiger partial charge in [-0.1, -0.05) is 13.3 Å². The topological polar surface area (TPSA) is 56.8 Å². The number of hydrogen-bond acceptors (Lipinski definition) is 4. The Kier molecular flexibility index (Phi) is 5.13. The molecule has 1 aliphatic heterocycles. The molecule has 0 aromatic carbocycles. The maximum atomic E-state index is 12.2. The van der Waals surface area contributed by atoms with Crippen LogP contribution in [-0.4, -0.2) is 30.9 Å². The molecular formula is C13H25NO4. The second-order valence-corrected chi connectivity index (χ2v) is 5.55. The van der Waals surface area contributed by atoms with E-state index in [1.165, 1.54) is 7.11 Å². The van der Waals surface area contributed by atoms with Gasteiger partial charge in [0.15, 0.2) is 0 Å². The number of carbonyl (C=O) groups is 1. The van der Waals surface area contributed by atoms with E-state index in [0.29, 0.717) is 13.0 Å². The maximum absolute atomic E-state index is 12.2. The second kappa shape index (κ2) is 5.99. The van der Waals surface area contributed by atoms with E-state index < -0.39 is 11.4 Å². The minimum absolute atomic E-state index is 0.0378. The lowest BCUT2D eigenvalue weighted by Crippen LogP contribution is -2.55. The van der Waals surface area contributed by atoms with Gasteiger partial charge in [-0.15, -0.1) is 0 Å². The summed E-state index contributed by atoms with van der Waals surface area (Å²) >= 11 is 0. The quantitative estimate of drug-likeness (QED) is 0.606. The zero-order valence-corrected chi connectivity index (χ0v) is 12.0. The van der Waals surface area contributed by atoms with Gasteiger partial charge in [-0.05, 0) is 33.6 Å². The summed E-state index contributed by atoms with van der Waals surface area (Å²) in [4.78, 5) is 22.8. The first-order valence-electron chi connectivity index (χ1n) is 6.54. The van der Waals surface area contributed by atoms with Crippen molar-refractivity contribution in [2.45, 2.75) is 58.3 Å². The van der Waals surface area contributed by atoms with Crippen molar-refractivity contribution in [1.82, 2.24) is 5.32 Å². The van der Waals surface area contributed by atoms with Crippen LogP contribution in [0.2, 0.25) is 0 Å². The molecule has 5 nitrogen and oxygen atoms in total. The van der Waals surface area contributed by atoms with Crippen LogP contribution in [0, 0.1) is 5.92 Å². The second-order valence-electron chi connectivity index (χ2n) is 5.55. The fraction of sp³-hybridized carbons (Fsp3) is 0.923. The highest BCUT2D eigenvalue weighted by atomic mass is 17.2. The molecule has 1 saturated heterocycles. The molecule has 0 spiro atoms. The van der Waals surface area contributed by atoms with E-state index in [1.807, 2.05) is 13.8 Å². The number of unbranched alkanes of at least 4 members (excludes halogenated alkanes) is 1. The van der Waals surface area contributed by atoms with Crippen LogP contribution in [0.5, 0.6) is 0 Å². The van der Waals surface area contributed by atoms with Crippen LogP contribution >= 0.6 is 0 Å². The largest absolute Gasteiger partial charge is 0.356 e. The molecule has 5 heteroatoms. The van der Waals surface area contributed by atoms with Crippen molar-refractivity contribution in [3.63, 3.8) is 0 Å². The summed E-state index contributed by atoms with van der Waals surface area (Å²) in [5, 5.41) is 2.93. The lowest BCUT2D eigenvalue weighted by atomic mass is 9.86. The van der Waals surface area contributed by atoms with Gasteiger partial charge in [0.1, 0.15) is 0 Å². The highest BCUT2D eigenvalue weighted by Crippen LogP contribution is 2.38. The van der Waals surface area contributed by atoms with Gasteiger partial charge in [0, 0.05) is 13.7 Å². The molecular weight excluding hydrogens is 234 g/mol. The van der Waals surface area contributed by atoms with E-state index >= 15 is 0 Å². The van der Waals surface area contributed by atoms with E-state index in [1.54, 1.807) is 6.92 Å². The number of amides is 1. The van der Waals surface area contributed by atoms with Crippen LogP contribution in [0.1, 0.15) is 47.0 Å². The summed E-state index contributed by atoms with van der Waals surface area (Å²) < 4.78 is 5.30. The third-order valence-electron chi connectivity index (χ3n) is 3.31. The average Bonchev–Trinajstić information content (AvgIpc) is 2.33. The third-order valence-corrected chi connectivity index (χ3v) is 3.31. The van der Waals surface area contributed by atoms with Gasteiger partial charge in [0.2, 0.25) is 11.7 Å². The lowest BCUT2D eigenvalue weighted by molar-refractivity contribution is -0.489. The Balaban J connectivity index is 2.69. The minimum atomic E-state index is -1.02. The van der Waals surface area contributed by atoms with Crippen LogP contribution in [0.25, 0.3) is 0 Å². The van der Waals surface area contributed by atoms with Crippen molar-refractivity contribution in [2.24, 2.45) is 5.92 Å². The molecule has 0 aromatic rings. The smallest absolute Gasteiger partial charge is 0.228 e. The maximum Gasteiger partial charge on any atom is 0.228 e. The van der Waals surface area contributed by atoms with Gasteiger partial charge in [-0.2, -0.15) is 4.89 Å². The van der Waals surface area contributed by atoms with Gasteiger partial charge in [-0.3, -0.25) is 4.79 Å². The van der Waals surface area contributed by atoms with Crippen LogP contribution in [-0.2, 0) is 19.3 Å². The number of rotatable bonds is 5. The summed E-state index contributed by atoms with van der Waals surface area (Å²) in [5.41, 5.74) is -0.481. The molecule has 1 amide bonds. The summed E-state index contributed by atoms with van der Waals surface area (Å²) in [5.74, 6) is -1.43. The fourth-order valence-corrected chi connectivity index (χ4v) is 1.98. The molecule has 1 fully saturated rings. The van der Waals surface area contributed by atoms with Crippen molar-refractivity contribution in [2.75, 3.05) is 13.7 Å². The van der Waals surface area contributed by atoms with Crippen molar-refractivity contribution < 1.29 is 19.3 Å². The van der Waals surface area contributed by atoms with Crippen molar-refractivity contribution in [3.8, 4) is 0 Å². The zero-order chi connectivity index (χ0) is 13.8. The lowest BCUT2D eigenvalue weighted by Gasteiger charge is -2.43. The van der Waals surface area contributed by atoms with Crippen LogP contribution in [0.3, 0.4) is 0 Å². The predicted octanol–water partition coefficient (Wildman–Crippen LogP) is 2.01. The van der Waals surface area contributed by atoms with Gasteiger partial charge in [0.25, 0.3) is 0 Å². The molecule has 18 heavy (non-hydrogen) atoms. The molecule has 0 unspecified atom stereocenters. The molecule has 0 aromatic heterocycles. The van der Waals surface area contributed by atoms with Gasteiger partial charge < -0.3 is 10.1 Å². The predicted molar refractivity (Wildman–Crippen MR) is 67.7 cm³/mol. The average molecular weight is 259 g/mol. The molecule has 0 bridgehead atoms. The Morgan fingerprint density at radius 3 is 2.61 bits per heavy atom. The van der Waals surface area contributed by atoms with Crippen molar-refractivity contribution >= 4 is 5.91 Å². The Morgan fingerprint density at radius 1 is 1.39 bits per heavy atom. The van der Waals surface area contributed by atoms with Gasteiger partial charge in [0.05, 0.1) is 11.5 Å². The van der Waals surface area contributed by atoms with Crippen LogP contribution < -0.4 is 5.32 Å². The molecule has 0 aliphatic carbocycles. The summed E-state index contributed by atoms with van der Waals surface area (Å²) in [6, 6.07) is 0. The van der Waals surface area contributed by atoms with E-state index in [4.69, 9.17) is 14.5 Å². The minimum Gasteiger partial charge on any atom is -0.356 e. The first kappa shape index (κ1) is 15.4. The van der Waals surface area contributed by atoms with Crippen molar-refractivity contribution in [1.29, 1.82) is 0 Å². The molecule has 2 atom stereocenters. The number of ether oxygens (including phenoxy) is 1. The molecule has 1 aliphatic rings. The van der Waals surface area contributed by atoms with E-state index in [0.717, 1.165) is 12.8 Å². The molecule has 106 valence electrons. The molecule has 1 rings (SSSR count). The van der Waals surface area contributed by atoms with Gasteiger partial charge in [-0.25, -0.2) is 4.89 Å². The first-order chi connectivity index (χ1) is 8.34. The summed E-state index contributed by atoms with van der Waals surface area (Å²) in [6.45, 7) is 8.30. The van der Waals surface area contributed by atoms with Crippen molar-refractivity contribution in [3.05, 3.63) is 0 Å². The van der Waals surface area contributed by atoms with E-state index in [9.17, 15) is 4.79 Å². The van der Waals surface area contributed by atoms with Crippen LogP contribution in [0.4, 0.5) is 0 Å². The van der Waals surface area contributed by atoms with E-state index in [2.05, 4.69) is 12.2 Å². The summed E-state index contributed by atoms with van der Waals surface area (Å²) in [6.07, 6.45) is 2.59. The highest BCUT2D eigenvalue weighted by molar-refractivity contribution is 5.79. The fourth-order valence-electron chi connectivity index (χ4n) is 1.98. The number of hydrogen-bond donors (Lipinski definition) is 1. The third kappa shape index (κ3) is 3.67. The highest BCUT2D eigenvalue weighted by Gasteiger charge is 2.50. The Bertz CT molecular complexity index is 293. The Hall–Kier alpha value is -0.650. The molecule has 1 heterocycles. The zero-order valence-electron chi connectivity index (χ0n) is 12.0. The Morgan fingerprint density at radius 2 is 2.06 bits per heavy atom. The first-order valence-corrected chi connectivity index (χ1v) is 6.54. The molecule has 1 N–H and O–H groups in total. The number of carbonyl (C=O) groups excluding carboxylic acids is 1.